The highest BCUT2D eigenvalue weighted by Gasteiger charge is 2.15. The third-order valence-electron chi connectivity index (χ3n) is 2.02. The van der Waals surface area contributed by atoms with Crippen LogP contribution < -0.4 is 4.72 Å². The lowest BCUT2D eigenvalue weighted by Gasteiger charge is -2.08. The molecule has 100 valence electrons. The predicted octanol–water partition coefficient (Wildman–Crippen LogP) is 0.836. The Bertz CT molecular complexity index is 543. The molecule has 0 aliphatic rings. The van der Waals surface area contributed by atoms with E-state index >= 15 is 0 Å². The maximum absolute atomic E-state index is 13.3. The first-order chi connectivity index (χ1) is 8.34. The quantitative estimate of drug-likeness (QED) is 0.614. The van der Waals surface area contributed by atoms with Crippen molar-refractivity contribution in [2.45, 2.75) is 6.42 Å². The third kappa shape index (κ3) is 4.21. The standard InChI is InChI=1S/C10H12FNO5S/c1-17-10(14)4-5-18(15,16)12-9-3-2-7(13)6-8(9)11/h2-3,6,12-13H,4-5H2,1H3. The van der Waals surface area contributed by atoms with E-state index in [0.29, 0.717) is 0 Å². The van der Waals surface area contributed by atoms with Crippen molar-refractivity contribution in [3.63, 3.8) is 0 Å². The number of esters is 1. The van der Waals surface area contributed by atoms with Crippen molar-refractivity contribution in [1.82, 2.24) is 0 Å². The Hall–Kier alpha value is -1.83. The Morgan fingerprint density at radius 3 is 2.72 bits per heavy atom. The number of methoxy groups -OCH3 is 1. The molecule has 0 aliphatic carbocycles. The molecule has 0 amide bonds. The van der Waals surface area contributed by atoms with Crippen molar-refractivity contribution >= 4 is 21.7 Å². The number of aromatic hydroxyl groups is 1. The first kappa shape index (κ1) is 14.2. The minimum absolute atomic E-state index is 0.294. The lowest BCUT2D eigenvalue weighted by Crippen LogP contribution is -2.20. The molecule has 8 heteroatoms. The maximum atomic E-state index is 13.3. The molecular weight excluding hydrogens is 265 g/mol. The molecule has 0 fully saturated rings. The van der Waals surface area contributed by atoms with Gasteiger partial charge in [-0.3, -0.25) is 9.52 Å². The van der Waals surface area contributed by atoms with E-state index in [1.807, 2.05) is 4.72 Å². The van der Waals surface area contributed by atoms with E-state index in [2.05, 4.69) is 4.74 Å². The molecule has 18 heavy (non-hydrogen) atoms. The summed E-state index contributed by atoms with van der Waals surface area (Å²) in [6.45, 7) is 0. The van der Waals surface area contributed by atoms with Crippen LogP contribution in [0.2, 0.25) is 0 Å². The van der Waals surface area contributed by atoms with Crippen molar-refractivity contribution in [2.24, 2.45) is 0 Å². The summed E-state index contributed by atoms with van der Waals surface area (Å²) in [5.41, 5.74) is -0.294. The van der Waals surface area contributed by atoms with E-state index < -0.39 is 27.6 Å². The molecule has 0 bridgehead atoms. The number of hydrogen-bond acceptors (Lipinski definition) is 5. The van der Waals surface area contributed by atoms with Gasteiger partial charge in [-0.05, 0) is 12.1 Å². The second-order valence-electron chi connectivity index (χ2n) is 3.41. The lowest BCUT2D eigenvalue weighted by molar-refractivity contribution is -0.140. The molecule has 1 aromatic carbocycles. The largest absolute Gasteiger partial charge is 0.508 e. The first-order valence-electron chi connectivity index (χ1n) is 4.90. The zero-order valence-corrected chi connectivity index (χ0v) is 10.3. The second-order valence-corrected chi connectivity index (χ2v) is 5.25. The number of phenols is 1. The summed E-state index contributed by atoms with van der Waals surface area (Å²) in [7, 11) is -2.71. The van der Waals surface area contributed by atoms with Gasteiger partial charge in [-0.2, -0.15) is 0 Å². The number of halogens is 1. The molecule has 1 aromatic rings. The number of ether oxygens (including phenoxy) is 1. The molecule has 0 saturated carbocycles. The molecule has 0 radical (unpaired) electrons. The van der Waals surface area contributed by atoms with Crippen LogP contribution in [-0.2, 0) is 19.6 Å². The summed E-state index contributed by atoms with van der Waals surface area (Å²) in [5, 5.41) is 8.97. The van der Waals surface area contributed by atoms with Crippen molar-refractivity contribution in [2.75, 3.05) is 17.6 Å². The number of carbonyl (C=O) groups excluding carboxylic acids is 1. The topological polar surface area (TPSA) is 92.7 Å². The SMILES string of the molecule is COC(=O)CCS(=O)(=O)Nc1ccc(O)cc1F. The van der Waals surface area contributed by atoms with Crippen molar-refractivity contribution in [1.29, 1.82) is 0 Å². The summed E-state index contributed by atoms with van der Waals surface area (Å²) in [6, 6.07) is 3.00. The Labute approximate surface area is 103 Å². The molecule has 1 rings (SSSR count). The normalized spacial score (nSPS) is 11.0. The van der Waals surface area contributed by atoms with Gasteiger partial charge in [-0.1, -0.05) is 0 Å². The maximum Gasteiger partial charge on any atom is 0.306 e. The number of sulfonamides is 1. The predicted molar refractivity (Wildman–Crippen MR) is 62.1 cm³/mol. The van der Waals surface area contributed by atoms with Crippen LogP contribution in [0.5, 0.6) is 5.75 Å². The number of benzene rings is 1. The van der Waals surface area contributed by atoms with Gasteiger partial charge >= 0.3 is 5.97 Å². The van der Waals surface area contributed by atoms with E-state index in [1.54, 1.807) is 0 Å². The van der Waals surface area contributed by atoms with E-state index in [-0.39, 0.29) is 17.9 Å². The molecule has 6 nitrogen and oxygen atoms in total. The van der Waals surface area contributed by atoms with Crippen LogP contribution in [0.1, 0.15) is 6.42 Å². The highest BCUT2D eigenvalue weighted by atomic mass is 32.2. The van der Waals surface area contributed by atoms with Gasteiger partial charge in [0.25, 0.3) is 0 Å². The average molecular weight is 277 g/mol. The zero-order valence-electron chi connectivity index (χ0n) is 9.51. The molecule has 0 aromatic heterocycles. The number of rotatable bonds is 5. The van der Waals surface area contributed by atoms with Gasteiger partial charge in [0.15, 0.2) is 5.82 Å². The number of hydrogen-bond donors (Lipinski definition) is 2. The number of carbonyl (C=O) groups is 1. The lowest BCUT2D eigenvalue weighted by atomic mass is 10.3. The average Bonchev–Trinajstić information content (AvgIpc) is 2.30. The van der Waals surface area contributed by atoms with Gasteiger partial charge in [0.2, 0.25) is 10.0 Å². The van der Waals surface area contributed by atoms with E-state index in [0.717, 1.165) is 25.3 Å². The Morgan fingerprint density at radius 2 is 2.17 bits per heavy atom. The van der Waals surface area contributed by atoms with Gasteiger partial charge < -0.3 is 9.84 Å². The smallest absolute Gasteiger partial charge is 0.306 e. The monoisotopic (exact) mass is 277 g/mol. The fourth-order valence-electron chi connectivity index (χ4n) is 1.13. The highest BCUT2D eigenvalue weighted by Crippen LogP contribution is 2.20. The Kier molecular flexibility index (Phi) is 4.49. The minimum atomic E-state index is -3.85. The molecule has 0 unspecified atom stereocenters. The molecule has 0 spiro atoms. The van der Waals surface area contributed by atoms with Crippen LogP contribution in [0.15, 0.2) is 18.2 Å². The number of phenolic OH excluding ortho intramolecular Hbond substituents is 1. The fourth-order valence-corrected chi connectivity index (χ4v) is 2.16. The van der Waals surface area contributed by atoms with Gasteiger partial charge in [0.05, 0.1) is 25.0 Å². The van der Waals surface area contributed by atoms with Gasteiger partial charge in [0.1, 0.15) is 5.75 Å². The molecule has 2 N–H and O–H groups in total. The Morgan fingerprint density at radius 1 is 1.50 bits per heavy atom. The van der Waals surface area contributed by atoms with Crippen molar-refractivity contribution in [3.8, 4) is 5.75 Å². The van der Waals surface area contributed by atoms with Gasteiger partial charge in [-0.25, -0.2) is 12.8 Å². The summed E-state index contributed by atoms with van der Waals surface area (Å²) in [5.74, 6) is -2.41. The van der Waals surface area contributed by atoms with Gasteiger partial charge in [-0.15, -0.1) is 0 Å². The zero-order chi connectivity index (χ0) is 13.8. The molecule has 0 heterocycles. The highest BCUT2D eigenvalue weighted by molar-refractivity contribution is 7.92. The van der Waals surface area contributed by atoms with Crippen LogP contribution >= 0.6 is 0 Å². The third-order valence-corrected chi connectivity index (χ3v) is 3.29. The van der Waals surface area contributed by atoms with Crippen molar-refractivity contribution in [3.05, 3.63) is 24.0 Å². The molecule has 0 atom stereocenters. The van der Waals surface area contributed by atoms with E-state index in [9.17, 15) is 17.6 Å². The van der Waals surface area contributed by atoms with E-state index in [1.165, 1.54) is 0 Å². The summed E-state index contributed by atoms with van der Waals surface area (Å²) >= 11 is 0. The second kappa shape index (κ2) is 5.67. The van der Waals surface area contributed by atoms with Crippen LogP contribution in [0.25, 0.3) is 0 Å². The molecule has 0 aliphatic heterocycles. The number of nitrogens with one attached hydrogen (secondary N) is 1. The van der Waals surface area contributed by atoms with Crippen LogP contribution in [0.3, 0.4) is 0 Å². The summed E-state index contributed by atoms with van der Waals surface area (Å²) < 4.78 is 42.6. The molecular formula is C10H12FNO5S. The summed E-state index contributed by atoms with van der Waals surface area (Å²) in [6.07, 6.45) is -0.328. The summed E-state index contributed by atoms with van der Waals surface area (Å²) in [4.78, 5) is 10.8. The minimum Gasteiger partial charge on any atom is -0.508 e. The number of anilines is 1. The first-order valence-corrected chi connectivity index (χ1v) is 6.55. The van der Waals surface area contributed by atoms with E-state index in [4.69, 9.17) is 5.11 Å². The van der Waals surface area contributed by atoms with Crippen LogP contribution in [0, 0.1) is 5.82 Å². The van der Waals surface area contributed by atoms with Crippen LogP contribution in [0.4, 0.5) is 10.1 Å². The van der Waals surface area contributed by atoms with Crippen LogP contribution in [-0.4, -0.2) is 32.4 Å². The molecule has 0 saturated heterocycles. The fraction of sp³-hybridized carbons (Fsp3) is 0.300. The Balaban J connectivity index is 2.73. The van der Waals surface area contributed by atoms with Crippen molar-refractivity contribution < 1.29 is 27.4 Å². The van der Waals surface area contributed by atoms with Gasteiger partial charge in [0, 0.05) is 6.07 Å².